The van der Waals surface area contributed by atoms with E-state index in [2.05, 4.69) is 12.1 Å². The molecule has 5 nitrogen and oxygen atoms in total. The summed E-state index contributed by atoms with van der Waals surface area (Å²) in [5.41, 5.74) is 1.45. The molecule has 2 fully saturated rings. The number of benzene rings is 1. The SMILES string of the molecule is CO[C@@H](C)C(=O)N1CCC2(CCC(=O)N(CCc3ccccc3)C2)CC1. The van der Waals surface area contributed by atoms with Gasteiger partial charge in [-0.1, -0.05) is 30.3 Å². The summed E-state index contributed by atoms with van der Waals surface area (Å²) in [6.07, 6.45) is 4.07. The normalized spacial score (nSPS) is 21.1. The van der Waals surface area contributed by atoms with Gasteiger partial charge in [-0.2, -0.15) is 0 Å². The van der Waals surface area contributed by atoms with Crippen molar-refractivity contribution in [3.8, 4) is 0 Å². The highest BCUT2D eigenvalue weighted by atomic mass is 16.5. The molecule has 2 amide bonds. The molecule has 0 saturated carbocycles. The molecule has 142 valence electrons. The second kappa shape index (κ2) is 8.21. The molecule has 0 bridgehead atoms. The number of rotatable bonds is 5. The second-order valence-electron chi connectivity index (χ2n) is 7.75. The number of methoxy groups -OCH3 is 1. The highest BCUT2D eigenvalue weighted by Crippen LogP contribution is 2.40. The molecule has 0 aliphatic carbocycles. The van der Waals surface area contributed by atoms with Gasteiger partial charge < -0.3 is 14.5 Å². The summed E-state index contributed by atoms with van der Waals surface area (Å²) >= 11 is 0. The summed E-state index contributed by atoms with van der Waals surface area (Å²) in [6.45, 7) is 4.96. The third-order valence-corrected chi connectivity index (χ3v) is 6.10. The minimum absolute atomic E-state index is 0.0789. The van der Waals surface area contributed by atoms with E-state index in [0.29, 0.717) is 6.42 Å². The Kier molecular flexibility index (Phi) is 5.97. The first-order valence-corrected chi connectivity index (χ1v) is 9.66. The Bertz CT molecular complexity index is 623. The van der Waals surface area contributed by atoms with Crippen molar-refractivity contribution < 1.29 is 14.3 Å². The zero-order valence-electron chi connectivity index (χ0n) is 15.9. The van der Waals surface area contributed by atoms with Gasteiger partial charge in [0.25, 0.3) is 5.91 Å². The average molecular weight is 358 g/mol. The van der Waals surface area contributed by atoms with Gasteiger partial charge in [0.2, 0.25) is 5.91 Å². The smallest absolute Gasteiger partial charge is 0.251 e. The molecule has 0 radical (unpaired) electrons. The molecule has 1 aromatic rings. The fraction of sp³-hybridized carbons (Fsp3) is 0.619. The first-order chi connectivity index (χ1) is 12.5. The van der Waals surface area contributed by atoms with E-state index in [-0.39, 0.29) is 23.3 Å². The third kappa shape index (κ3) is 4.26. The fourth-order valence-corrected chi connectivity index (χ4v) is 4.18. The maximum absolute atomic E-state index is 12.4. The van der Waals surface area contributed by atoms with Crippen LogP contribution in [-0.4, -0.2) is 61.0 Å². The van der Waals surface area contributed by atoms with Crippen LogP contribution in [0.25, 0.3) is 0 Å². The summed E-state index contributed by atoms with van der Waals surface area (Å²) in [5.74, 6) is 0.355. The molecule has 1 spiro atoms. The molecular weight excluding hydrogens is 328 g/mol. The number of ether oxygens (including phenoxy) is 1. The molecule has 0 unspecified atom stereocenters. The van der Waals surface area contributed by atoms with Crippen LogP contribution in [0.2, 0.25) is 0 Å². The lowest BCUT2D eigenvalue weighted by Crippen LogP contribution is -2.53. The van der Waals surface area contributed by atoms with Crippen LogP contribution >= 0.6 is 0 Å². The maximum atomic E-state index is 12.4. The minimum atomic E-state index is -0.376. The Labute approximate surface area is 156 Å². The third-order valence-electron chi connectivity index (χ3n) is 6.10. The number of hydrogen-bond donors (Lipinski definition) is 0. The first kappa shape index (κ1) is 18.9. The number of amides is 2. The summed E-state index contributed by atoms with van der Waals surface area (Å²) < 4.78 is 5.16. The van der Waals surface area contributed by atoms with Crippen LogP contribution in [0.5, 0.6) is 0 Å². The molecule has 1 aromatic carbocycles. The standard InChI is InChI=1S/C21H30N2O3/c1-17(26-2)20(25)22-14-11-21(12-15-22)10-8-19(24)23(16-21)13-9-18-6-4-3-5-7-18/h3-7,17H,8-16H2,1-2H3/t17-/m0/s1. The predicted molar refractivity (Wildman–Crippen MR) is 101 cm³/mol. The number of carbonyl (C=O) groups is 2. The molecule has 2 aliphatic heterocycles. The Balaban J connectivity index is 1.56. The zero-order chi connectivity index (χ0) is 18.6. The van der Waals surface area contributed by atoms with Gasteiger partial charge in [0.1, 0.15) is 6.10 Å². The highest BCUT2D eigenvalue weighted by molar-refractivity contribution is 5.80. The van der Waals surface area contributed by atoms with Crippen molar-refractivity contribution in [3.05, 3.63) is 35.9 Å². The van der Waals surface area contributed by atoms with Crippen LogP contribution in [0.3, 0.4) is 0 Å². The van der Waals surface area contributed by atoms with E-state index in [1.165, 1.54) is 5.56 Å². The van der Waals surface area contributed by atoms with Crippen LogP contribution < -0.4 is 0 Å². The predicted octanol–water partition coefficient (Wildman–Crippen LogP) is 2.50. The molecule has 0 N–H and O–H groups in total. The van der Waals surface area contributed by atoms with Crippen LogP contribution in [0.4, 0.5) is 0 Å². The minimum Gasteiger partial charge on any atom is -0.372 e. The van der Waals surface area contributed by atoms with Crippen molar-refractivity contribution in [2.45, 2.75) is 45.1 Å². The second-order valence-corrected chi connectivity index (χ2v) is 7.75. The van der Waals surface area contributed by atoms with Gasteiger partial charge in [0, 0.05) is 39.7 Å². The average Bonchev–Trinajstić information content (AvgIpc) is 2.69. The van der Waals surface area contributed by atoms with Gasteiger partial charge >= 0.3 is 0 Å². The van der Waals surface area contributed by atoms with E-state index in [0.717, 1.165) is 51.9 Å². The quantitative estimate of drug-likeness (QED) is 0.813. The molecule has 2 aliphatic rings. The lowest BCUT2D eigenvalue weighted by atomic mass is 9.72. The lowest BCUT2D eigenvalue weighted by Gasteiger charge is -2.47. The van der Waals surface area contributed by atoms with E-state index < -0.39 is 0 Å². The Morgan fingerprint density at radius 1 is 1.19 bits per heavy atom. The van der Waals surface area contributed by atoms with Crippen LogP contribution in [0.1, 0.15) is 38.2 Å². The summed E-state index contributed by atoms with van der Waals surface area (Å²) in [4.78, 5) is 28.7. The Morgan fingerprint density at radius 3 is 2.54 bits per heavy atom. The number of piperidine rings is 2. The largest absolute Gasteiger partial charge is 0.372 e. The van der Waals surface area contributed by atoms with Gasteiger partial charge in [-0.3, -0.25) is 9.59 Å². The fourth-order valence-electron chi connectivity index (χ4n) is 4.18. The van der Waals surface area contributed by atoms with Crippen molar-refractivity contribution in [1.29, 1.82) is 0 Å². The van der Waals surface area contributed by atoms with Crippen molar-refractivity contribution in [2.24, 2.45) is 5.41 Å². The zero-order valence-corrected chi connectivity index (χ0v) is 15.9. The van der Waals surface area contributed by atoms with E-state index >= 15 is 0 Å². The Hall–Kier alpha value is -1.88. The van der Waals surface area contributed by atoms with Gasteiger partial charge in [-0.25, -0.2) is 0 Å². The van der Waals surface area contributed by atoms with Crippen LogP contribution in [0, 0.1) is 5.41 Å². The summed E-state index contributed by atoms with van der Waals surface area (Å²) in [6, 6.07) is 10.3. The van der Waals surface area contributed by atoms with E-state index in [1.54, 1.807) is 14.0 Å². The number of carbonyl (C=O) groups excluding carboxylic acids is 2. The summed E-state index contributed by atoms with van der Waals surface area (Å²) in [7, 11) is 1.57. The molecule has 26 heavy (non-hydrogen) atoms. The van der Waals surface area contributed by atoms with Gasteiger partial charge in [-0.15, -0.1) is 0 Å². The first-order valence-electron chi connectivity index (χ1n) is 9.66. The highest BCUT2D eigenvalue weighted by Gasteiger charge is 2.41. The molecule has 3 rings (SSSR count). The van der Waals surface area contributed by atoms with Gasteiger partial charge in [0.05, 0.1) is 0 Å². The van der Waals surface area contributed by atoms with E-state index in [4.69, 9.17) is 4.74 Å². The monoisotopic (exact) mass is 358 g/mol. The maximum Gasteiger partial charge on any atom is 0.251 e. The molecule has 5 heteroatoms. The van der Waals surface area contributed by atoms with Crippen molar-refractivity contribution in [3.63, 3.8) is 0 Å². The Morgan fingerprint density at radius 2 is 1.88 bits per heavy atom. The number of nitrogens with zero attached hydrogens (tertiary/aromatic N) is 2. The lowest BCUT2D eigenvalue weighted by molar-refractivity contribution is -0.147. The molecular formula is C21H30N2O3. The number of likely N-dealkylation sites (tertiary alicyclic amines) is 2. The molecule has 2 saturated heterocycles. The van der Waals surface area contributed by atoms with Gasteiger partial charge in [0.15, 0.2) is 0 Å². The van der Waals surface area contributed by atoms with E-state index in [9.17, 15) is 9.59 Å². The molecule has 2 heterocycles. The van der Waals surface area contributed by atoms with Crippen LogP contribution in [0.15, 0.2) is 30.3 Å². The molecule has 0 aromatic heterocycles. The number of hydrogen-bond acceptors (Lipinski definition) is 3. The molecule has 1 atom stereocenters. The topological polar surface area (TPSA) is 49.9 Å². The van der Waals surface area contributed by atoms with Gasteiger partial charge in [-0.05, 0) is 43.6 Å². The van der Waals surface area contributed by atoms with Crippen molar-refractivity contribution in [1.82, 2.24) is 9.80 Å². The van der Waals surface area contributed by atoms with Crippen LogP contribution in [-0.2, 0) is 20.7 Å². The van der Waals surface area contributed by atoms with Crippen molar-refractivity contribution >= 4 is 11.8 Å². The van der Waals surface area contributed by atoms with E-state index in [1.807, 2.05) is 28.0 Å². The summed E-state index contributed by atoms with van der Waals surface area (Å²) in [5, 5.41) is 0. The van der Waals surface area contributed by atoms with Crippen molar-refractivity contribution in [2.75, 3.05) is 33.3 Å².